The zero-order valence-corrected chi connectivity index (χ0v) is 25.4. The van der Waals surface area contributed by atoms with E-state index in [1.54, 1.807) is 0 Å². The van der Waals surface area contributed by atoms with Crippen molar-refractivity contribution < 1.29 is 76.3 Å². The summed E-state index contributed by atoms with van der Waals surface area (Å²) in [5, 5.41) is 42.0. The Morgan fingerprint density at radius 2 is 1.65 bits per heavy atom. The average molecular weight is 694 g/mol. The second kappa shape index (κ2) is 13.1. The summed E-state index contributed by atoms with van der Waals surface area (Å²) in [6.45, 7) is -1.85. The molecule has 5 heterocycles. The normalized spacial score (nSPS) is 30.7. The van der Waals surface area contributed by atoms with Gasteiger partial charge in [0.05, 0.1) is 20.3 Å². The number of carbonyl (C=O) groups excluding carboxylic acids is 1. The number of hydrogen-bond donors (Lipinski definition) is 8. The van der Waals surface area contributed by atoms with Crippen molar-refractivity contribution in [3.63, 3.8) is 0 Å². The van der Waals surface area contributed by atoms with Gasteiger partial charge in [0.25, 0.3) is 12.1 Å². The summed E-state index contributed by atoms with van der Waals surface area (Å²) in [5.41, 5.74) is 11.3. The maximum atomic E-state index is 12.5. The smallest absolute Gasteiger partial charge is 0.468 e. The van der Waals surface area contributed by atoms with Crippen molar-refractivity contribution in [2.24, 2.45) is 5.73 Å². The van der Waals surface area contributed by atoms with Gasteiger partial charge in [-0.15, -0.1) is 0 Å². The van der Waals surface area contributed by atoms with Crippen LogP contribution in [0.25, 0.3) is 11.2 Å². The number of carbonyl (C=O) groups is 1. The fourth-order valence-corrected chi connectivity index (χ4v) is 6.87. The lowest BCUT2D eigenvalue weighted by atomic mass is 10.1. The number of pyridine rings is 1. The van der Waals surface area contributed by atoms with E-state index in [9.17, 15) is 44.1 Å². The van der Waals surface area contributed by atoms with Crippen LogP contribution in [0.1, 0.15) is 22.8 Å². The van der Waals surface area contributed by atoms with Gasteiger partial charge in [0.2, 0.25) is 0 Å². The van der Waals surface area contributed by atoms with Gasteiger partial charge in [-0.25, -0.2) is 23.7 Å². The van der Waals surface area contributed by atoms with Gasteiger partial charge in [-0.1, -0.05) is 0 Å². The Balaban J connectivity index is 1.18. The van der Waals surface area contributed by atoms with Crippen molar-refractivity contribution in [3.8, 4) is 6.01 Å². The van der Waals surface area contributed by atoms with Crippen LogP contribution in [0.3, 0.4) is 0 Å². The molecular weight excluding hydrogens is 664 g/mol. The Labute approximate surface area is 257 Å². The lowest BCUT2D eigenvalue weighted by Gasteiger charge is -2.20. The molecule has 2 aliphatic heterocycles. The topological polar surface area (TPSA) is 327 Å². The zero-order chi connectivity index (χ0) is 33.6. The molecule has 252 valence electrons. The molecule has 3 aromatic heterocycles. The molecule has 24 heteroatoms. The summed E-state index contributed by atoms with van der Waals surface area (Å²) >= 11 is 0. The number of nitrogen functional groups attached to an aromatic ring is 1. The number of amides is 1. The van der Waals surface area contributed by atoms with Crippen LogP contribution in [0.15, 0.2) is 30.9 Å². The lowest BCUT2D eigenvalue weighted by Crippen LogP contribution is -2.46. The van der Waals surface area contributed by atoms with Crippen LogP contribution in [0.2, 0.25) is 0 Å². The number of primary amides is 1. The SMILES string of the molecule is COc1nc2c(N)ncnc2n1[C@@H]1O[C@H](COP(=O)(O)OP(=O)(O)OC[C@H]2O[C@@H]([n+]3cccc(C(N)=O)c3)[C@H](O)[C@@H]2O)[C@@H](O)[C@H]1O. The van der Waals surface area contributed by atoms with Gasteiger partial charge in [0.15, 0.2) is 41.7 Å². The standard InChI is InChI=1S/C22H29N7O15P2/c1-39-22-27-12-17(23)25-8-26-19(12)29(22)21-16(33)14(31)11(43-21)7-41-46(37,38)44-45(35,36)40-6-10-13(30)15(32)20(42-10)28-4-2-3-9(5-28)18(24)34/h2-5,8,10-11,13-16,20-21,30-33H,6-7H2,1H3,(H5-,23,24,25,26,34,35,36,37,38)/p+1/t10-,11-,13-,14-,15-,16-,20-,21-/m1/s1. The number of ether oxygens (including phenoxy) is 3. The molecule has 0 spiro atoms. The van der Waals surface area contributed by atoms with Crippen LogP contribution in [-0.2, 0) is 32.0 Å². The number of aromatic nitrogens is 5. The first-order chi connectivity index (χ1) is 21.6. The number of phosphoric ester groups is 2. The third-order valence-corrected chi connectivity index (χ3v) is 9.60. The van der Waals surface area contributed by atoms with Crippen LogP contribution in [-0.4, -0.2) is 113 Å². The maximum absolute atomic E-state index is 12.5. The van der Waals surface area contributed by atoms with Crippen molar-refractivity contribution in [2.45, 2.75) is 49.1 Å². The predicted molar refractivity (Wildman–Crippen MR) is 146 cm³/mol. The number of nitrogens with two attached hydrogens (primary N) is 2. The van der Waals surface area contributed by atoms with E-state index in [0.717, 1.165) is 6.33 Å². The Bertz CT molecular complexity index is 1700. The number of imidazole rings is 1. The molecule has 3 aromatic rings. The fourth-order valence-electron chi connectivity index (χ4n) is 4.78. The molecule has 2 fully saturated rings. The number of hydrogen-bond acceptors (Lipinski definition) is 17. The molecule has 0 radical (unpaired) electrons. The van der Waals surface area contributed by atoms with Gasteiger partial charge in [0.1, 0.15) is 42.4 Å². The number of methoxy groups -OCH3 is 1. The Morgan fingerprint density at radius 1 is 1.02 bits per heavy atom. The Kier molecular flexibility index (Phi) is 9.74. The summed E-state index contributed by atoms with van der Waals surface area (Å²) in [6.07, 6.45) is -8.48. The third-order valence-electron chi connectivity index (χ3n) is 7.00. The second-order valence-corrected chi connectivity index (χ2v) is 13.1. The van der Waals surface area contributed by atoms with Crippen molar-refractivity contribution in [1.29, 1.82) is 0 Å². The quantitative estimate of drug-likeness (QED) is 0.0691. The first-order valence-electron chi connectivity index (χ1n) is 13.1. The minimum atomic E-state index is -5.41. The summed E-state index contributed by atoms with van der Waals surface area (Å²) in [4.78, 5) is 43.6. The van der Waals surface area contributed by atoms with Crippen molar-refractivity contribution >= 4 is 38.5 Å². The molecule has 5 rings (SSSR count). The molecule has 2 aliphatic rings. The van der Waals surface area contributed by atoms with Gasteiger partial charge < -0.3 is 55.9 Å². The number of phosphoric acid groups is 2. The molecule has 22 nitrogen and oxygen atoms in total. The number of nitrogens with zero attached hydrogens (tertiary/aromatic N) is 5. The first-order valence-corrected chi connectivity index (χ1v) is 16.1. The maximum Gasteiger partial charge on any atom is 0.481 e. The number of rotatable bonds is 12. The van der Waals surface area contributed by atoms with Gasteiger partial charge in [-0.3, -0.25) is 13.8 Å². The van der Waals surface area contributed by atoms with Crippen LogP contribution >= 0.6 is 15.6 Å². The Hall–Kier alpha value is -3.21. The van der Waals surface area contributed by atoms with Crippen LogP contribution < -0.4 is 20.8 Å². The third kappa shape index (κ3) is 6.89. The molecule has 10 N–H and O–H groups in total. The molecule has 0 aliphatic carbocycles. The van der Waals surface area contributed by atoms with Crippen molar-refractivity contribution in [1.82, 2.24) is 19.5 Å². The number of anilines is 1. The monoisotopic (exact) mass is 694 g/mol. The highest BCUT2D eigenvalue weighted by atomic mass is 31.3. The lowest BCUT2D eigenvalue weighted by molar-refractivity contribution is -0.765. The minimum absolute atomic E-state index is 0.0112. The molecule has 0 saturated carbocycles. The van der Waals surface area contributed by atoms with Gasteiger partial charge in [-0.05, 0) is 6.07 Å². The van der Waals surface area contributed by atoms with Crippen molar-refractivity contribution in [2.75, 3.05) is 26.1 Å². The first kappa shape index (κ1) is 34.1. The second-order valence-electron chi connectivity index (χ2n) is 10.0. The van der Waals surface area contributed by atoms with E-state index in [0.29, 0.717) is 0 Å². The van der Waals surface area contributed by atoms with E-state index in [-0.39, 0.29) is 28.6 Å². The van der Waals surface area contributed by atoms with Gasteiger partial charge >= 0.3 is 21.7 Å². The fraction of sp³-hybridized carbons (Fsp3) is 0.500. The highest BCUT2D eigenvalue weighted by Gasteiger charge is 2.50. The van der Waals surface area contributed by atoms with E-state index in [2.05, 4.69) is 19.3 Å². The highest BCUT2D eigenvalue weighted by Crippen LogP contribution is 2.60. The largest absolute Gasteiger partial charge is 0.481 e. The highest BCUT2D eigenvalue weighted by molar-refractivity contribution is 7.61. The van der Waals surface area contributed by atoms with E-state index < -0.39 is 83.8 Å². The molecule has 10 atom stereocenters. The minimum Gasteiger partial charge on any atom is -0.468 e. The Morgan fingerprint density at radius 3 is 2.28 bits per heavy atom. The zero-order valence-electron chi connectivity index (χ0n) is 23.6. The van der Waals surface area contributed by atoms with Crippen LogP contribution in [0.5, 0.6) is 6.01 Å². The molecule has 2 saturated heterocycles. The average Bonchev–Trinajstić information content (AvgIpc) is 3.61. The molecule has 2 unspecified atom stereocenters. The summed E-state index contributed by atoms with van der Waals surface area (Å²) in [7, 11) is -9.54. The van der Waals surface area contributed by atoms with Gasteiger partial charge in [-0.2, -0.15) is 13.9 Å². The number of fused-ring (bicyclic) bond motifs is 1. The number of aliphatic hydroxyl groups is 4. The molecule has 0 bridgehead atoms. The van der Waals surface area contributed by atoms with E-state index in [1.165, 1.54) is 40.8 Å². The summed E-state index contributed by atoms with van der Waals surface area (Å²) in [6, 6.07) is 2.71. The summed E-state index contributed by atoms with van der Waals surface area (Å²) < 4.78 is 57.4. The van der Waals surface area contributed by atoms with E-state index in [1.807, 2.05) is 0 Å². The molecule has 0 aromatic carbocycles. The molecular formula is C22H30N7O15P2+. The predicted octanol–water partition coefficient (Wildman–Crippen LogP) is -3.01. The van der Waals surface area contributed by atoms with Crippen LogP contribution in [0, 0.1) is 0 Å². The summed E-state index contributed by atoms with van der Waals surface area (Å²) in [5.74, 6) is -0.781. The van der Waals surface area contributed by atoms with Crippen molar-refractivity contribution in [3.05, 3.63) is 36.4 Å². The molecule has 46 heavy (non-hydrogen) atoms. The van der Waals surface area contributed by atoms with Crippen LogP contribution in [0.4, 0.5) is 5.82 Å². The van der Waals surface area contributed by atoms with E-state index >= 15 is 0 Å². The van der Waals surface area contributed by atoms with E-state index in [4.69, 9.17) is 34.7 Å². The number of aliphatic hydroxyl groups excluding tert-OH is 4. The molecule has 1 amide bonds. The van der Waals surface area contributed by atoms with Gasteiger partial charge in [0, 0.05) is 6.07 Å².